The van der Waals surface area contributed by atoms with E-state index in [1.807, 2.05) is 65.1 Å². The third-order valence-electron chi connectivity index (χ3n) is 2.89. The minimum absolute atomic E-state index is 0.217. The van der Waals surface area contributed by atoms with Gasteiger partial charge in [0, 0.05) is 18.9 Å². The van der Waals surface area contributed by atoms with E-state index in [0.717, 1.165) is 16.8 Å². The molecule has 0 aliphatic heterocycles. The Morgan fingerprint density at radius 2 is 1.92 bits per heavy atom. The zero-order chi connectivity index (χ0) is 18.2. The Morgan fingerprint density at radius 3 is 2.54 bits per heavy atom. The van der Waals surface area contributed by atoms with Gasteiger partial charge in [-0.1, -0.05) is 26.0 Å². The van der Waals surface area contributed by atoms with Gasteiger partial charge in [0.2, 0.25) is 0 Å². The number of aromatic nitrogens is 2. The lowest BCUT2D eigenvalue weighted by atomic mass is 10.2. The normalized spacial score (nSPS) is 10.8. The van der Waals surface area contributed by atoms with Gasteiger partial charge in [0.25, 0.3) is 0 Å². The molecule has 0 atom stereocenters. The van der Waals surface area contributed by atoms with E-state index in [9.17, 15) is 4.79 Å². The average Bonchev–Trinajstić information content (AvgIpc) is 2.96. The van der Waals surface area contributed by atoms with Crippen LogP contribution in [0.25, 0.3) is 5.69 Å². The van der Waals surface area contributed by atoms with E-state index < -0.39 is 5.60 Å². The monoisotopic (exact) mass is 332 g/mol. The zero-order valence-corrected chi connectivity index (χ0v) is 15.5. The minimum Gasteiger partial charge on any atom is -0.460 e. The van der Waals surface area contributed by atoms with Gasteiger partial charge >= 0.3 is 5.97 Å². The smallest absolute Gasteiger partial charge is 0.310 e. The second kappa shape index (κ2) is 9.23. The maximum absolute atomic E-state index is 11.8. The van der Waals surface area contributed by atoms with Gasteiger partial charge in [-0.15, -0.1) is 0 Å². The highest BCUT2D eigenvalue weighted by molar-refractivity contribution is 5.72. The molecule has 2 aromatic rings. The van der Waals surface area contributed by atoms with Gasteiger partial charge in [0.05, 0.1) is 24.9 Å². The summed E-state index contributed by atoms with van der Waals surface area (Å²) in [5.74, 6) is -0.250. The molecule has 0 saturated heterocycles. The van der Waals surface area contributed by atoms with Gasteiger partial charge in [-0.05, 0) is 38.5 Å². The highest BCUT2D eigenvalue weighted by Gasteiger charge is 2.17. The fraction of sp³-hybridized carbons (Fsp3) is 0.474. The number of ether oxygens (including phenoxy) is 2. The summed E-state index contributed by atoms with van der Waals surface area (Å²) < 4.78 is 12.2. The molecule has 0 N–H and O–H groups in total. The highest BCUT2D eigenvalue weighted by atomic mass is 16.6. The van der Waals surface area contributed by atoms with Gasteiger partial charge in [-0.3, -0.25) is 4.79 Å². The third-order valence-corrected chi connectivity index (χ3v) is 2.89. The topological polar surface area (TPSA) is 53.4 Å². The molecular weight excluding hydrogens is 304 g/mol. The molecule has 0 amide bonds. The lowest BCUT2D eigenvalue weighted by Gasteiger charge is -2.19. The molecule has 0 saturated carbocycles. The van der Waals surface area contributed by atoms with Crippen molar-refractivity contribution in [2.75, 3.05) is 7.11 Å². The van der Waals surface area contributed by atoms with Crippen LogP contribution in [0.4, 0.5) is 0 Å². The van der Waals surface area contributed by atoms with Gasteiger partial charge < -0.3 is 9.47 Å². The summed E-state index contributed by atoms with van der Waals surface area (Å²) in [5, 5.41) is 4.31. The second-order valence-electron chi connectivity index (χ2n) is 6.16. The molecular formula is C19H28N2O3. The zero-order valence-electron chi connectivity index (χ0n) is 15.5. The lowest BCUT2D eigenvalue weighted by Crippen LogP contribution is -2.24. The molecule has 0 aliphatic carbocycles. The molecule has 1 aromatic carbocycles. The van der Waals surface area contributed by atoms with Crippen molar-refractivity contribution in [3.05, 3.63) is 47.8 Å². The third kappa shape index (κ3) is 6.54. The second-order valence-corrected chi connectivity index (χ2v) is 6.16. The Kier molecular flexibility index (Phi) is 7.65. The number of methoxy groups -OCH3 is 1. The quantitative estimate of drug-likeness (QED) is 0.779. The van der Waals surface area contributed by atoms with Crippen LogP contribution in [-0.4, -0.2) is 28.5 Å². The van der Waals surface area contributed by atoms with Gasteiger partial charge in [0.15, 0.2) is 0 Å². The number of rotatable bonds is 5. The highest BCUT2D eigenvalue weighted by Crippen LogP contribution is 2.14. The molecule has 132 valence electrons. The van der Waals surface area contributed by atoms with Gasteiger partial charge in [-0.2, -0.15) is 5.10 Å². The molecule has 0 spiro atoms. The summed E-state index contributed by atoms with van der Waals surface area (Å²) >= 11 is 0. The molecule has 2 rings (SSSR count). The van der Waals surface area contributed by atoms with Crippen LogP contribution in [0.3, 0.4) is 0 Å². The van der Waals surface area contributed by atoms with Crippen molar-refractivity contribution in [3.63, 3.8) is 0 Å². The summed E-state index contributed by atoms with van der Waals surface area (Å²) in [6, 6.07) is 7.92. The maximum atomic E-state index is 11.8. The largest absolute Gasteiger partial charge is 0.460 e. The predicted octanol–water partition coefficient (Wildman–Crippen LogP) is 3.93. The van der Waals surface area contributed by atoms with Crippen LogP contribution >= 0.6 is 0 Å². The average molecular weight is 332 g/mol. The van der Waals surface area contributed by atoms with Crippen LogP contribution in [0.15, 0.2) is 36.7 Å². The summed E-state index contributed by atoms with van der Waals surface area (Å²) in [7, 11) is 1.67. The Balaban J connectivity index is 0.00000139. The fourth-order valence-corrected chi connectivity index (χ4v) is 2.09. The molecule has 0 unspecified atom stereocenters. The van der Waals surface area contributed by atoms with Crippen LogP contribution in [-0.2, 0) is 27.3 Å². The molecule has 5 nitrogen and oxygen atoms in total. The Hall–Kier alpha value is -2.14. The van der Waals surface area contributed by atoms with Gasteiger partial charge in [-0.25, -0.2) is 4.68 Å². The van der Waals surface area contributed by atoms with Crippen molar-refractivity contribution >= 4 is 5.97 Å². The van der Waals surface area contributed by atoms with Crippen LogP contribution in [0.2, 0.25) is 0 Å². The lowest BCUT2D eigenvalue weighted by molar-refractivity contribution is -0.153. The van der Waals surface area contributed by atoms with Crippen molar-refractivity contribution < 1.29 is 14.3 Å². The molecule has 0 bridgehead atoms. The molecule has 24 heavy (non-hydrogen) atoms. The van der Waals surface area contributed by atoms with Crippen molar-refractivity contribution in [2.24, 2.45) is 0 Å². The number of benzene rings is 1. The van der Waals surface area contributed by atoms with E-state index in [1.54, 1.807) is 18.0 Å². The van der Waals surface area contributed by atoms with E-state index in [2.05, 4.69) is 5.10 Å². The molecule has 1 heterocycles. The summed E-state index contributed by atoms with van der Waals surface area (Å²) in [6.45, 7) is 10.1. The summed E-state index contributed by atoms with van der Waals surface area (Å²) in [5.41, 5.74) is 2.36. The van der Waals surface area contributed by atoms with Gasteiger partial charge in [0.1, 0.15) is 5.60 Å². The maximum Gasteiger partial charge on any atom is 0.310 e. The number of esters is 1. The van der Waals surface area contributed by atoms with E-state index in [1.165, 1.54) is 0 Å². The van der Waals surface area contributed by atoms with Crippen LogP contribution < -0.4 is 0 Å². The van der Waals surface area contributed by atoms with E-state index >= 15 is 0 Å². The van der Waals surface area contributed by atoms with E-state index in [0.29, 0.717) is 6.61 Å². The van der Waals surface area contributed by atoms with E-state index in [-0.39, 0.29) is 12.4 Å². The van der Waals surface area contributed by atoms with Crippen LogP contribution in [0, 0.1) is 0 Å². The molecule has 0 fully saturated rings. The first-order valence-corrected chi connectivity index (χ1v) is 8.21. The van der Waals surface area contributed by atoms with Crippen molar-refractivity contribution in [3.8, 4) is 5.69 Å². The first kappa shape index (κ1) is 19.9. The molecule has 0 radical (unpaired) electrons. The Bertz CT molecular complexity index is 642. The van der Waals surface area contributed by atoms with E-state index in [4.69, 9.17) is 9.47 Å². The first-order valence-electron chi connectivity index (χ1n) is 8.21. The predicted molar refractivity (Wildman–Crippen MR) is 95.2 cm³/mol. The van der Waals surface area contributed by atoms with Crippen LogP contribution in [0.1, 0.15) is 45.7 Å². The number of nitrogens with zero attached hydrogens (tertiary/aromatic N) is 2. The number of carbonyl (C=O) groups is 1. The SMILES string of the molecule is CC.COCc1cccc(-n2cc(CC(=O)OC(C)(C)C)cn2)c1. The number of hydrogen-bond donors (Lipinski definition) is 0. The van der Waals surface area contributed by atoms with Crippen molar-refractivity contribution in [1.29, 1.82) is 0 Å². The van der Waals surface area contributed by atoms with Crippen molar-refractivity contribution in [2.45, 2.75) is 53.2 Å². The van der Waals surface area contributed by atoms with Crippen LogP contribution in [0.5, 0.6) is 0 Å². The fourth-order valence-electron chi connectivity index (χ4n) is 2.09. The first-order chi connectivity index (χ1) is 11.4. The number of hydrogen-bond acceptors (Lipinski definition) is 4. The Labute approximate surface area is 144 Å². The summed E-state index contributed by atoms with van der Waals surface area (Å²) in [4.78, 5) is 11.8. The van der Waals surface area contributed by atoms with Crippen molar-refractivity contribution in [1.82, 2.24) is 9.78 Å². The standard InChI is InChI=1S/C17H22N2O3.C2H6/c1-17(2,3)22-16(20)9-14-10-18-19(11-14)15-7-5-6-13(8-15)12-21-4;1-2/h5-8,10-11H,9,12H2,1-4H3;1-2H3. The molecule has 1 aromatic heterocycles. The minimum atomic E-state index is -0.471. The Morgan fingerprint density at radius 1 is 1.21 bits per heavy atom. The number of carbonyl (C=O) groups excluding carboxylic acids is 1. The molecule has 0 aliphatic rings. The molecule has 5 heteroatoms. The summed E-state index contributed by atoms with van der Waals surface area (Å²) in [6.07, 6.45) is 3.75.